The zero-order chi connectivity index (χ0) is 14.2. The smallest absolute Gasteiger partial charge is 0.0243 e. The number of rotatable bonds is 7. The Hall–Kier alpha value is -1.60. The van der Waals surface area contributed by atoms with Gasteiger partial charge in [-0.25, -0.2) is 0 Å². The third kappa shape index (κ3) is 3.71. The summed E-state index contributed by atoms with van der Waals surface area (Å²) in [7, 11) is 0. The van der Waals surface area contributed by atoms with Crippen molar-refractivity contribution in [2.45, 2.75) is 38.6 Å². The molecule has 0 bridgehead atoms. The van der Waals surface area contributed by atoms with E-state index in [0.717, 1.165) is 13.0 Å². The lowest BCUT2D eigenvalue weighted by Gasteiger charge is -2.28. The summed E-state index contributed by atoms with van der Waals surface area (Å²) >= 11 is 0. The van der Waals surface area contributed by atoms with Gasteiger partial charge in [-0.05, 0) is 30.5 Å². The van der Waals surface area contributed by atoms with Gasteiger partial charge < -0.3 is 5.32 Å². The summed E-state index contributed by atoms with van der Waals surface area (Å²) in [4.78, 5) is 0. The van der Waals surface area contributed by atoms with E-state index in [1.54, 1.807) is 0 Å². The molecule has 2 aromatic carbocycles. The molecule has 0 aliphatic carbocycles. The van der Waals surface area contributed by atoms with Crippen LogP contribution in [0.25, 0.3) is 0 Å². The van der Waals surface area contributed by atoms with Crippen molar-refractivity contribution in [3.05, 3.63) is 71.8 Å². The van der Waals surface area contributed by atoms with Gasteiger partial charge in [-0.3, -0.25) is 0 Å². The molecule has 0 amide bonds. The highest BCUT2D eigenvalue weighted by Crippen LogP contribution is 2.29. The molecule has 0 heterocycles. The first-order chi connectivity index (χ1) is 9.86. The highest BCUT2D eigenvalue weighted by molar-refractivity contribution is 5.34. The largest absolute Gasteiger partial charge is 0.313 e. The summed E-state index contributed by atoms with van der Waals surface area (Å²) in [6.45, 7) is 5.57. The van der Waals surface area contributed by atoms with Crippen molar-refractivity contribution in [2.24, 2.45) is 0 Å². The van der Waals surface area contributed by atoms with Crippen LogP contribution < -0.4 is 5.32 Å². The molecular formula is C19H25N. The zero-order valence-corrected chi connectivity index (χ0v) is 12.5. The molecule has 20 heavy (non-hydrogen) atoms. The Bertz CT molecular complexity index is 438. The molecule has 0 saturated heterocycles. The molecule has 2 aromatic rings. The van der Waals surface area contributed by atoms with Gasteiger partial charge in [0.2, 0.25) is 0 Å². The van der Waals surface area contributed by atoms with Crippen molar-refractivity contribution in [3.8, 4) is 0 Å². The van der Waals surface area contributed by atoms with Crippen molar-refractivity contribution in [2.75, 3.05) is 6.54 Å². The van der Waals surface area contributed by atoms with Crippen LogP contribution >= 0.6 is 0 Å². The van der Waals surface area contributed by atoms with Crippen molar-refractivity contribution in [1.82, 2.24) is 5.32 Å². The average Bonchev–Trinajstić information content (AvgIpc) is 2.53. The molecule has 1 N–H and O–H groups in total. The minimum absolute atomic E-state index is 0.425. The summed E-state index contributed by atoms with van der Waals surface area (Å²) in [5, 5.41) is 3.72. The first kappa shape index (κ1) is 14.8. The van der Waals surface area contributed by atoms with Crippen molar-refractivity contribution >= 4 is 0 Å². The molecule has 0 aromatic heterocycles. The second kappa shape index (κ2) is 7.86. The second-order valence-electron chi connectivity index (χ2n) is 5.27. The highest BCUT2D eigenvalue weighted by atomic mass is 14.9. The predicted molar refractivity (Wildman–Crippen MR) is 87.1 cm³/mol. The van der Waals surface area contributed by atoms with Gasteiger partial charge in [0.05, 0.1) is 0 Å². The van der Waals surface area contributed by atoms with Crippen LogP contribution in [0.1, 0.15) is 43.7 Å². The van der Waals surface area contributed by atoms with Crippen LogP contribution in [0.15, 0.2) is 60.7 Å². The summed E-state index contributed by atoms with van der Waals surface area (Å²) < 4.78 is 0. The number of nitrogens with one attached hydrogen (secondary N) is 1. The Labute approximate surface area is 123 Å². The standard InChI is InChI=1S/C19H25N/c1-3-15-20-18(4-2)19(16-11-7-5-8-12-16)17-13-9-6-10-14-17/h5-14,18-20H,3-4,15H2,1-2H3. The lowest BCUT2D eigenvalue weighted by molar-refractivity contribution is 0.454. The minimum atomic E-state index is 0.425. The van der Waals surface area contributed by atoms with Crippen LogP contribution in [0.3, 0.4) is 0 Å². The fraction of sp³-hybridized carbons (Fsp3) is 0.368. The molecule has 106 valence electrons. The Kier molecular flexibility index (Phi) is 5.82. The fourth-order valence-corrected chi connectivity index (χ4v) is 2.81. The molecular weight excluding hydrogens is 242 g/mol. The molecule has 1 unspecified atom stereocenters. The highest BCUT2D eigenvalue weighted by Gasteiger charge is 2.22. The average molecular weight is 267 g/mol. The third-order valence-electron chi connectivity index (χ3n) is 3.82. The quantitative estimate of drug-likeness (QED) is 0.773. The predicted octanol–water partition coefficient (Wildman–Crippen LogP) is 4.60. The van der Waals surface area contributed by atoms with Crippen LogP contribution in [-0.4, -0.2) is 12.6 Å². The second-order valence-corrected chi connectivity index (χ2v) is 5.27. The molecule has 0 aliphatic rings. The maximum atomic E-state index is 3.72. The van der Waals surface area contributed by atoms with Crippen LogP contribution in [0.5, 0.6) is 0 Å². The van der Waals surface area contributed by atoms with E-state index in [1.807, 2.05) is 0 Å². The number of hydrogen-bond donors (Lipinski definition) is 1. The zero-order valence-electron chi connectivity index (χ0n) is 12.5. The molecule has 1 heteroatoms. The molecule has 0 spiro atoms. The molecule has 1 atom stereocenters. The van der Waals surface area contributed by atoms with E-state index < -0.39 is 0 Å². The van der Waals surface area contributed by atoms with E-state index in [9.17, 15) is 0 Å². The van der Waals surface area contributed by atoms with Crippen LogP contribution in [0, 0.1) is 0 Å². The molecule has 0 fully saturated rings. The maximum absolute atomic E-state index is 3.72. The minimum Gasteiger partial charge on any atom is -0.313 e. The van der Waals surface area contributed by atoms with E-state index in [1.165, 1.54) is 17.5 Å². The van der Waals surface area contributed by atoms with Gasteiger partial charge in [-0.1, -0.05) is 74.5 Å². The van der Waals surface area contributed by atoms with Gasteiger partial charge in [-0.15, -0.1) is 0 Å². The number of hydrogen-bond acceptors (Lipinski definition) is 1. The van der Waals surface area contributed by atoms with Crippen LogP contribution in [0.2, 0.25) is 0 Å². The summed E-state index contributed by atoms with van der Waals surface area (Å²) in [5.74, 6) is 0.425. The van der Waals surface area contributed by atoms with E-state index in [0.29, 0.717) is 12.0 Å². The lowest BCUT2D eigenvalue weighted by Crippen LogP contribution is -2.35. The molecule has 0 radical (unpaired) electrons. The fourth-order valence-electron chi connectivity index (χ4n) is 2.81. The van der Waals surface area contributed by atoms with E-state index in [-0.39, 0.29) is 0 Å². The summed E-state index contributed by atoms with van der Waals surface area (Å²) in [6.07, 6.45) is 2.31. The Morgan fingerprint density at radius 3 is 1.70 bits per heavy atom. The Morgan fingerprint density at radius 1 is 0.800 bits per heavy atom. The Morgan fingerprint density at radius 2 is 1.30 bits per heavy atom. The van der Waals surface area contributed by atoms with E-state index in [4.69, 9.17) is 0 Å². The van der Waals surface area contributed by atoms with Gasteiger partial charge in [0.15, 0.2) is 0 Å². The molecule has 0 saturated carbocycles. The first-order valence-electron chi connectivity index (χ1n) is 7.70. The van der Waals surface area contributed by atoms with Gasteiger partial charge in [0.25, 0.3) is 0 Å². The normalized spacial score (nSPS) is 12.6. The molecule has 2 rings (SSSR count). The SMILES string of the molecule is CCCNC(CC)C(c1ccccc1)c1ccccc1. The van der Waals surface area contributed by atoms with E-state index >= 15 is 0 Å². The van der Waals surface area contributed by atoms with Crippen LogP contribution in [-0.2, 0) is 0 Å². The van der Waals surface area contributed by atoms with Gasteiger partial charge >= 0.3 is 0 Å². The Balaban J connectivity index is 2.33. The molecule has 0 aliphatic heterocycles. The van der Waals surface area contributed by atoms with Crippen molar-refractivity contribution in [3.63, 3.8) is 0 Å². The first-order valence-corrected chi connectivity index (χ1v) is 7.70. The monoisotopic (exact) mass is 267 g/mol. The van der Waals surface area contributed by atoms with Crippen LogP contribution in [0.4, 0.5) is 0 Å². The maximum Gasteiger partial charge on any atom is 0.0243 e. The van der Waals surface area contributed by atoms with Gasteiger partial charge in [-0.2, -0.15) is 0 Å². The van der Waals surface area contributed by atoms with Crippen molar-refractivity contribution in [1.29, 1.82) is 0 Å². The lowest BCUT2D eigenvalue weighted by atomic mass is 9.84. The summed E-state index contributed by atoms with van der Waals surface area (Å²) in [5.41, 5.74) is 2.79. The summed E-state index contributed by atoms with van der Waals surface area (Å²) in [6, 6.07) is 22.2. The van der Waals surface area contributed by atoms with Gasteiger partial charge in [0.1, 0.15) is 0 Å². The topological polar surface area (TPSA) is 12.0 Å². The van der Waals surface area contributed by atoms with Crippen molar-refractivity contribution < 1.29 is 0 Å². The number of benzene rings is 2. The van der Waals surface area contributed by atoms with Gasteiger partial charge in [0, 0.05) is 12.0 Å². The van der Waals surface area contributed by atoms with E-state index in [2.05, 4.69) is 79.8 Å². The third-order valence-corrected chi connectivity index (χ3v) is 3.82. The molecule has 1 nitrogen and oxygen atoms in total.